The van der Waals surface area contributed by atoms with Crippen molar-refractivity contribution in [1.29, 1.82) is 0 Å². The Kier molecular flexibility index (Phi) is 4.61. The zero-order chi connectivity index (χ0) is 12.8. The second kappa shape index (κ2) is 5.97. The lowest BCUT2D eigenvalue weighted by molar-refractivity contribution is -0.384. The highest BCUT2D eigenvalue weighted by molar-refractivity contribution is 5.60. The van der Waals surface area contributed by atoms with Gasteiger partial charge in [0.05, 0.1) is 11.5 Å². The van der Waals surface area contributed by atoms with Gasteiger partial charge in [-0.3, -0.25) is 10.1 Å². The Morgan fingerprint density at radius 2 is 2.35 bits per heavy atom. The van der Waals surface area contributed by atoms with Gasteiger partial charge in [0.15, 0.2) is 0 Å². The quantitative estimate of drug-likeness (QED) is 0.382. The third-order valence-electron chi connectivity index (χ3n) is 2.02. The van der Waals surface area contributed by atoms with E-state index in [0.717, 1.165) is 0 Å². The molecule has 1 unspecified atom stereocenters. The molecule has 17 heavy (non-hydrogen) atoms. The number of hydrogen-bond donors (Lipinski definition) is 3. The third-order valence-corrected chi connectivity index (χ3v) is 2.02. The summed E-state index contributed by atoms with van der Waals surface area (Å²) in [4.78, 5) is 14.3. The molecule has 1 atom stereocenters. The molecule has 0 spiro atoms. The van der Waals surface area contributed by atoms with Crippen LogP contribution in [0.5, 0.6) is 0 Å². The Balaban J connectivity index is 2.96. The van der Waals surface area contributed by atoms with Crippen molar-refractivity contribution in [2.24, 2.45) is 5.84 Å². The fraction of sp³-hybridized carbons (Fsp3) is 0.444. The molecule has 0 radical (unpaired) electrons. The highest BCUT2D eigenvalue weighted by Crippen LogP contribution is 2.24. The highest BCUT2D eigenvalue weighted by atomic mass is 16.6. The van der Waals surface area contributed by atoms with Crippen LogP contribution in [0.2, 0.25) is 0 Å². The largest absolute Gasteiger partial charge is 0.383 e. The number of ether oxygens (including phenoxy) is 1. The van der Waals surface area contributed by atoms with E-state index in [9.17, 15) is 10.1 Å². The second-order valence-corrected chi connectivity index (χ2v) is 3.47. The van der Waals surface area contributed by atoms with Gasteiger partial charge in [0.25, 0.3) is 0 Å². The molecule has 0 bridgehead atoms. The molecule has 1 aromatic heterocycles. The fourth-order valence-electron chi connectivity index (χ4n) is 1.31. The van der Waals surface area contributed by atoms with Crippen LogP contribution in [0.3, 0.4) is 0 Å². The maximum Gasteiger partial charge on any atom is 0.311 e. The van der Waals surface area contributed by atoms with Crippen LogP contribution in [0, 0.1) is 10.1 Å². The molecule has 1 aromatic rings. The van der Waals surface area contributed by atoms with E-state index in [2.05, 4.69) is 15.7 Å². The Hall–Kier alpha value is -1.93. The first-order valence-corrected chi connectivity index (χ1v) is 4.96. The van der Waals surface area contributed by atoms with Gasteiger partial charge in [-0.25, -0.2) is 10.8 Å². The van der Waals surface area contributed by atoms with Gasteiger partial charge in [0, 0.05) is 19.2 Å². The standard InChI is InChI=1S/C9H15N5O3/c1-6(5-17-2)11-9-7(14(15)16)3-4-8(12-9)13-10/h3-4,6H,5,10H2,1-2H3,(H2,11,12,13). The van der Waals surface area contributed by atoms with Gasteiger partial charge in [-0.2, -0.15) is 0 Å². The van der Waals surface area contributed by atoms with Crippen LogP contribution < -0.4 is 16.6 Å². The second-order valence-electron chi connectivity index (χ2n) is 3.47. The molecule has 94 valence electrons. The molecule has 0 saturated carbocycles. The maximum absolute atomic E-state index is 10.8. The van der Waals surface area contributed by atoms with E-state index in [1.165, 1.54) is 12.1 Å². The highest BCUT2D eigenvalue weighted by Gasteiger charge is 2.17. The van der Waals surface area contributed by atoms with E-state index in [1.807, 2.05) is 6.92 Å². The molecule has 0 saturated heterocycles. The van der Waals surface area contributed by atoms with Crippen molar-refractivity contribution in [2.45, 2.75) is 13.0 Å². The number of nitrogens with one attached hydrogen (secondary N) is 2. The summed E-state index contributed by atoms with van der Waals surface area (Å²) in [5.74, 6) is 5.71. The predicted molar refractivity (Wildman–Crippen MR) is 63.7 cm³/mol. The first-order valence-electron chi connectivity index (χ1n) is 4.96. The number of methoxy groups -OCH3 is 1. The van der Waals surface area contributed by atoms with Crippen molar-refractivity contribution >= 4 is 17.3 Å². The number of nitrogens with zero attached hydrogens (tertiary/aromatic N) is 2. The summed E-state index contributed by atoms with van der Waals surface area (Å²) in [7, 11) is 1.55. The van der Waals surface area contributed by atoms with Crippen molar-refractivity contribution in [2.75, 3.05) is 24.5 Å². The van der Waals surface area contributed by atoms with Crippen LogP contribution >= 0.6 is 0 Å². The van der Waals surface area contributed by atoms with E-state index in [1.54, 1.807) is 7.11 Å². The Morgan fingerprint density at radius 1 is 1.65 bits per heavy atom. The Morgan fingerprint density at radius 3 is 2.88 bits per heavy atom. The molecule has 0 fully saturated rings. The first kappa shape index (κ1) is 13.1. The lowest BCUT2D eigenvalue weighted by atomic mass is 10.3. The molecular formula is C9H15N5O3. The number of anilines is 2. The monoisotopic (exact) mass is 241 g/mol. The first-order chi connectivity index (χ1) is 8.08. The van der Waals surface area contributed by atoms with Crippen molar-refractivity contribution < 1.29 is 9.66 Å². The summed E-state index contributed by atoms with van der Waals surface area (Å²) in [5, 5.41) is 13.7. The van der Waals surface area contributed by atoms with Gasteiger partial charge in [0.1, 0.15) is 5.82 Å². The number of rotatable bonds is 6. The Bertz CT molecular complexity index is 398. The number of nitrogen functional groups attached to an aromatic ring is 1. The lowest BCUT2D eigenvalue weighted by Crippen LogP contribution is -2.22. The predicted octanol–water partition coefficient (Wildman–Crippen LogP) is 0.722. The van der Waals surface area contributed by atoms with Crippen molar-refractivity contribution in [3.8, 4) is 0 Å². The number of aromatic nitrogens is 1. The third kappa shape index (κ3) is 3.54. The average molecular weight is 241 g/mol. The van der Waals surface area contributed by atoms with Gasteiger partial charge in [0.2, 0.25) is 5.82 Å². The number of pyridine rings is 1. The van der Waals surface area contributed by atoms with Crippen LogP contribution in [0.15, 0.2) is 12.1 Å². The smallest absolute Gasteiger partial charge is 0.311 e. The zero-order valence-electron chi connectivity index (χ0n) is 9.64. The van der Waals surface area contributed by atoms with E-state index in [4.69, 9.17) is 10.6 Å². The van der Waals surface area contributed by atoms with Gasteiger partial charge in [-0.1, -0.05) is 0 Å². The minimum Gasteiger partial charge on any atom is -0.383 e. The zero-order valence-corrected chi connectivity index (χ0v) is 9.64. The average Bonchev–Trinajstić information content (AvgIpc) is 2.28. The number of hydrazine groups is 1. The van der Waals surface area contributed by atoms with Gasteiger partial charge >= 0.3 is 5.69 Å². The molecule has 1 heterocycles. The molecule has 8 heteroatoms. The van der Waals surface area contributed by atoms with Crippen molar-refractivity contribution in [3.05, 3.63) is 22.2 Å². The summed E-state index contributed by atoms with van der Waals surface area (Å²) < 4.78 is 4.93. The van der Waals surface area contributed by atoms with Gasteiger partial charge in [-0.15, -0.1) is 0 Å². The van der Waals surface area contributed by atoms with Crippen LogP contribution in [0.4, 0.5) is 17.3 Å². The lowest BCUT2D eigenvalue weighted by Gasteiger charge is -2.13. The van der Waals surface area contributed by atoms with E-state index < -0.39 is 4.92 Å². The fourth-order valence-corrected chi connectivity index (χ4v) is 1.31. The summed E-state index contributed by atoms with van der Waals surface area (Å²) in [5.41, 5.74) is 2.23. The number of nitrogens with two attached hydrogens (primary N) is 1. The molecule has 8 nitrogen and oxygen atoms in total. The van der Waals surface area contributed by atoms with Gasteiger partial charge < -0.3 is 15.5 Å². The molecule has 0 aromatic carbocycles. The normalized spacial score (nSPS) is 11.9. The van der Waals surface area contributed by atoms with Crippen LogP contribution in [0.1, 0.15) is 6.92 Å². The van der Waals surface area contributed by atoms with Crippen molar-refractivity contribution in [3.63, 3.8) is 0 Å². The van der Waals surface area contributed by atoms with Crippen LogP contribution in [0.25, 0.3) is 0 Å². The topological polar surface area (TPSA) is 115 Å². The summed E-state index contributed by atoms with van der Waals surface area (Å²) in [6.45, 7) is 2.25. The van der Waals surface area contributed by atoms with E-state index >= 15 is 0 Å². The molecule has 0 aliphatic rings. The van der Waals surface area contributed by atoms with Crippen LogP contribution in [-0.4, -0.2) is 29.7 Å². The van der Waals surface area contributed by atoms with E-state index in [0.29, 0.717) is 12.4 Å². The number of nitro groups is 1. The minimum atomic E-state index is -0.505. The number of hydrogen-bond acceptors (Lipinski definition) is 7. The molecule has 0 amide bonds. The summed E-state index contributed by atoms with van der Waals surface area (Å²) in [6, 6.07) is 2.67. The molecule has 0 aliphatic heterocycles. The molecule has 4 N–H and O–H groups in total. The Labute approximate surface area is 98.3 Å². The van der Waals surface area contributed by atoms with E-state index in [-0.39, 0.29) is 17.5 Å². The maximum atomic E-state index is 10.8. The van der Waals surface area contributed by atoms with Gasteiger partial charge in [-0.05, 0) is 13.0 Å². The molecule has 1 rings (SSSR count). The SMILES string of the molecule is COCC(C)Nc1nc(NN)ccc1[N+](=O)[O-]. The van der Waals surface area contributed by atoms with Crippen molar-refractivity contribution in [1.82, 2.24) is 4.98 Å². The summed E-state index contributed by atoms with van der Waals surface area (Å²) >= 11 is 0. The van der Waals surface area contributed by atoms with Crippen LogP contribution in [-0.2, 0) is 4.74 Å². The molecular weight excluding hydrogens is 226 g/mol. The summed E-state index contributed by atoms with van der Waals surface area (Å²) in [6.07, 6.45) is 0. The molecule has 0 aliphatic carbocycles. The minimum absolute atomic E-state index is 0.0979.